The molecule has 0 spiro atoms. The van der Waals surface area contributed by atoms with Crippen molar-refractivity contribution in [2.45, 2.75) is 101 Å². The molecule has 14 nitrogen and oxygen atoms in total. The summed E-state index contributed by atoms with van der Waals surface area (Å²) < 4.78 is 17.7. The van der Waals surface area contributed by atoms with Gasteiger partial charge in [-0.3, -0.25) is 18.7 Å². The number of aldehydes is 2. The van der Waals surface area contributed by atoms with Gasteiger partial charge in [-0.2, -0.15) is 5.10 Å². The molecule has 1 saturated carbocycles. The summed E-state index contributed by atoms with van der Waals surface area (Å²) in [6.07, 6.45) is 12.3. The zero-order valence-corrected chi connectivity index (χ0v) is 31.9. The largest absolute Gasteiger partial charge is 0.385 e. The molecule has 1 aromatic carbocycles. The number of fused-ring (bicyclic) bond motifs is 2. The van der Waals surface area contributed by atoms with E-state index in [9.17, 15) is 28.4 Å². The Kier molecular flexibility index (Phi) is 14.1. The van der Waals surface area contributed by atoms with Gasteiger partial charge in [-0.25, -0.2) is 18.7 Å². The number of piperidine rings is 1. The molecule has 3 N–H and O–H groups in total. The number of aromatic nitrogens is 5. The molecule has 0 bridgehead atoms. The van der Waals surface area contributed by atoms with Gasteiger partial charge in [0, 0.05) is 52.9 Å². The fraction of sp³-hybridized carbons (Fsp3) is 0.564. The van der Waals surface area contributed by atoms with Crippen LogP contribution in [0.2, 0.25) is 0 Å². The second-order valence-corrected chi connectivity index (χ2v) is 14.5. The van der Waals surface area contributed by atoms with Gasteiger partial charge < -0.3 is 30.4 Å². The summed E-state index contributed by atoms with van der Waals surface area (Å²) in [5.41, 5.74) is 5.16. The summed E-state index contributed by atoms with van der Waals surface area (Å²) >= 11 is 0. The average molecular weight is 748 g/mol. The van der Waals surface area contributed by atoms with Crippen LogP contribution in [0.25, 0.3) is 16.7 Å². The number of nitrogens with one attached hydrogen (secondary N) is 3. The summed E-state index contributed by atoms with van der Waals surface area (Å²) in [5, 5.41) is 13.1. The zero-order valence-electron chi connectivity index (χ0n) is 31.9. The van der Waals surface area contributed by atoms with E-state index in [1.54, 1.807) is 23.2 Å². The standard InChI is InChI=1S/C22H31N3O4.C17H23FN6O/c1-23-21(28)13-11-18(16-27)25-19-12-10-17(15-20(19)24(2)22(25)29)9-7-5-3-4-6-8-14-26;1-19-14-7-12(10-4-3-5-23(2)9-10)22-24-15(8-20-16(14)24)17(25)21-13-6-11(13)18/h10,12,14-16,18H,3-9,11,13H2,1-2H3,(H,23,28);7-8,10-11,13,19H,3-6,9H2,1-2H3,(H,21,25)/t;10?,11-,13+/m.0/s1. The molecule has 2 aliphatic rings. The number of aryl methyl sites for hydroxylation is 2. The number of amides is 2. The maximum atomic E-state index is 13.1. The molecule has 4 heterocycles. The van der Waals surface area contributed by atoms with E-state index >= 15 is 0 Å². The number of alkyl halides is 1. The quantitative estimate of drug-likeness (QED) is 0.107. The van der Waals surface area contributed by atoms with Crippen LogP contribution in [-0.4, -0.2) is 99.5 Å². The van der Waals surface area contributed by atoms with E-state index in [0.717, 1.165) is 99.5 Å². The average Bonchev–Trinajstić information content (AvgIpc) is 3.59. The Morgan fingerprint density at radius 2 is 1.81 bits per heavy atom. The monoisotopic (exact) mass is 747 g/mol. The zero-order chi connectivity index (χ0) is 38.8. The van der Waals surface area contributed by atoms with Crippen molar-refractivity contribution < 1.29 is 23.6 Å². The molecule has 54 heavy (non-hydrogen) atoms. The highest BCUT2D eigenvalue weighted by atomic mass is 19.1. The molecule has 4 atom stereocenters. The van der Waals surface area contributed by atoms with Crippen LogP contribution in [0, 0.1) is 0 Å². The summed E-state index contributed by atoms with van der Waals surface area (Å²) in [6.45, 7) is 2.05. The molecule has 0 radical (unpaired) electrons. The first kappa shape index (κ1) is 40.3. The van der Waals surface area contributed by atoms with Crippen molar-refractivity contribution in [2.75, 3.05) is 39.5 Å². The molecule has 4 aromatic rings. The number of likely N-dealkylation sites (tertiary alicyclic amines) is 1. The predicted octanol–water partition coefficient (Wildman–Crippen LogP) is 4.11. The predicted molar refractivity (Wildman–Crippen MR) is 206 cm³/mol. The van der Waals surface area contributed by atoms with Crippen LogP contribution < -0.4 is 21.6 Å². The van der Waals surface area contributed by atoms with Crippen LogP contribution in [0.5, 0.6) is 0 Å². The highest BCUT2D eigenvalue weighted by Gasteiger charge is 2.39. The van der Waals surface area contributed by atoms with Gasteiger partial charge >= 0.3 is 5.69 Å². The van der Waals surface area contributed by atoms with Gasteiger partial charge in [-0.05, 0) is 75.9 Å². The van der Waals surface area contributed by atoms with E-state index < -0.39 is 12.2 Å². The molecule has 15 heteroatoms. The van der Waals surface area contributed by atoms with Gasteiger partial charge in [0.25, 0.3) is 5.91 Å². The number of anilines is 1. The lowest BCUT2D eigenvalue weighted by Crippen LogP contribution is -2.32. The molecule has 2 fully saturated rings. The van der Waals surface area contributed by atoms with Crippen LogP contribution in [0.15, 0.2) is 35.3 Å². The van der Waals surface area contributed by atoms with E-state index in [1.165, 1.54) is 10.8 Å². The van der Waals surface area contributed by atoms with Crippen molar-refractivity contribution in [2.24, 2.45) is 7.05 Å². The first-order valence-electron chi connectivity index (χ1n) is 19.1. The molecule has 2 unspecified atom stereocenters. The number of unbranched alkanes of at least 4 members (excludes halogenated alkanes) is 5. The lowest BCUT2D eigenvalue weighted by atomic mass is 9.95. The molecular formula is C39H54FN9O5. The Hall–Kier alpha value is -4.92. The second kappa shape index (κ2) is 18.9. The number of carbonyl (C=O) groups excluding carboxylic acids is 4. The molecule has 1 saturated heterocycles. The first-order chi connectivity index (χ1) is 26.1. The van der Waals surface area contributed by atoms with Crippen LogP contribution in [0.3, 0.4) is 0 Å². The minimum Gasteiger partial charge on any atom is -0.385 e. The number of benzene rings is 1. The summed E-state index contributed by atoms with van der Waals surface area (Å²) in [5.74, 6) is -0.157. The molecule has 3 aromatic heterocycles. The van der Waals surface area contributed by atoms with Crippen LogP contribution in [-0.2, 0) is 27.9 Å². The lowest BCUT2D eigenvalue weighted by molar-refractivity contribution is -0.121. The maximum absolute atomic E-state index is 13.1. The molecule has 6 rings (SSSR count). The minimum absolute atomic E-state index is 0.154. The maximum Gasteiger partial charge on any atom is 0.329 e. The van der Waals surface area contributed by atoms with Crippen molar-refractivity contribution >= 4 is 46.8 Å². The highest BCUT2D eigenvalue weighted by Crippen LogP contribution is 2.29. The fourth-order valence-corrected chi connectivity index (χ4v) is 7.12. The van der Waals surface area contributed by atoms with Crippen LogP contribution in [0.4, 0.5) is 10.1 Å². The minimum atomic E-state index is -0.933. The number of carbonyl (C=O) groups is 4. The SMILES string of the molecule is CNC(=O)CCC(C=O)n1c(=O)n(C)c2cc(CCCCCCCC=O)ccc21.CNc1cc(C2CCCN(C)C2)nn2c(C(=O)N[C@@H]3C[C@@H]3F)cnc12. The molecular weight excluding hydrogens is 693 g/mol. The second-order valence-electron chi connectivity index (χ2n) is 14.5. The Bertz CT molecular complexity index is 1990. The number of imidazole rings is 2. The number of nitrogens with zero attached hydrogens (tertiary/aromatic N) is 6. The Morgan fingerprint density at radius 1 is 1.06 bits per heavy atom. The highest BCUT2D eigenvalue weighted by molar-refractivity contribution is 5.94. The van der Waals surface area contributed by atoms with E-state index in [4.69, 9.17) is 5.10 Å². The van der Waals surface area contributed by atoms with E-state index in [0.29, 0.717) is 35.6 Å². The lowest BCUT2D eigenvalue weighted by Gasteiger charge is -2.29. The number of halogens is 1. The third kappa shape index (κ3) is 9.78. The number of likely N-dealkylation sites (N-methyl/N-ethyl adjacent to an activating group) is 1. The topological polar surface area (TPSA) is 165 Å². The van der Waals surface area contributed by atoms with E-state index in [2.05, 4.69) is 32.9 Å². The smallest absolute Gasteiger partial charge is 0.329 e. The fourth-order valence-electron chi connectivity index (χ4n) is 7.12. The summed E-state index contributed by atoms with van der Waals surface area (Å²) in [7, 11) is 7.20. The number of rotatable bonds is 17. The molecule has 292 valence electrons. The third-order valence-corrected chi connectivity index (χ3v) is 10.4. The molecule has 1 aliphatic carbocycles. The summed E-state index contributed by atoms with van der Waals surface area (Å²) in [4.78, 5) is 65.3. The third-order valence-electron chi connectivity index (χ3n) is 10.4. The van der Waals surface area contributed by atoms with Gasteiger partial charge in [0.15, 0.2) is 11.3 Å². The van der Waals surface area contributed by atoms with E-state index in [-0.39, 0.29) is 36.4 Å². The Labute approximate surface area is 314 Å². The molecule has 2 amide bonds. The van der Waals surface area contributed by atoms with Gasteiger partial charge in [0.1, 0.15) is 18.7 Å². The van der Waals surface area contributed by atoms with Crippen molar-refractivity contribution in [3.8, 4) is 0 Å². The van der Waals surface area contributed by atoms with Crippen molar-refractivity contribution in [1.29, 1.82) is 0 Å². The number of hydrogen-bond donors (Lipinski definition) is 3. The van der Waals surface area contributed by atoms with Gasteiger partial charge in [-0.15, -0.1) is 0 Å². The summed E-state index contributed by atoms with van der Waals surface area (Å²) in [6, 6.07) is 6.89. The normalized spacial score (nSPS) is 18.8. The van der Waals surface area contributed by atoms with Crippen molar-refractivity contribution in [1.82, 2.24) is 39.3 Å². The van der Waals surface area contributed by atoms with Gasteiger partial charge in [-0.1, -0.05) is 25.3 Å². The Morgan fingerprint density at radius 3 is 2.50 bits per heavy atom. The van der Waals surface area contributed by atoms with Gasteiger partial charge in [0.05, 0.1) is 40.7 Å². The first-order valence-corrected chi connectivity index (χ1v) is 19.1. The van der Waals surface area contributed by atoms with Crippen molar-refractivity contribution in [3.63, 3.8) is 0 Å². The molecule has 1 aliphatic heterocycles. The number of hydrogen-bond acceptors (Lipinski definition) is 9. The van der Waals surface area contributed by atoms with E-state index in [1.807, 2.05) is 31.3 Å². The van der Waals surface area contributed by atoms with Crippen LogP contribution in [0.1, 0.15) is 104 Å². The van der Waals surface area contributed by atoms with Gasteiger partial charge in [0.2, 0.25) is 5.91 Å². The van der Waals surface area contributed by atoms with Crippen LogP contribution >= 0.6 is 0 Å². The Balaban J connectivity index is 0.000000209. The van der Waals surface area contributed by atoms with Crippen molar-refractivity contribution in [3.05, 3.63) is 57.9 Å².